The second-order valence-electron chi connectivity index (χ2n) is 5.29. The van der Waals surface area contributed by atoms with Gasteiger partial charge in [-0.05, 0) is 48.4 Å². The molecule has 0 radical (unpaired) electrons. The van der Waals surface area contributed by atoms with Crippen LogP contribution in [0.1, 0.15) is 36.6 Å². The quantitative estimate of drug-likeness (QED) is 0.816. The number of benzene rings is 2. The zero-order valence-corrected chi connectivity index (χ0v) is 13.3. The van der Waals surface area contributed by atoms with Gasteiger partial charge in [0.2, 0.25) is 0 Å². The van der Waals surface area contributed by atoms with Crippen molar-refractivity contribution in [1.29, 1.82) is 0 Å². The summed E-state index contributed by atoms with van der Waals surface area (Å²) in [5, 5.41) is 4.35. The number of thioether (sulfide) groups is 1. The Bertz CT molecular complexity index is 646. The van der Waals surface area contributed by atoms with Crippen molar-refractivity contribution in [2.75, 3.05) is 5.75 Å². The molecular weight excluding hydrogens is 305 g/mol. The molecular formula is C17H17ClFNS. The minimum absolute atomic E-state index is 0.112. The second kappa shape index (κ2) is 6.39. The lowest BCUT2D eigenvalue weighted by Crippen LogP contribution is -2.27. The van der Waals surface area contributed by atoms with Crippen molar-refractivity contribution in [3.63, 3.8) is 0 Å². The lowest BCUT2D eigenvalue weighted by Gasteiger charge is -2.29. The predicted molar refractivity (Wildman–Crippen MR) is 87.5 cm³/mol. The minimum atomic E-state index is -0.112. The average molecular weight is 322 g/mol. The normalized spacial score (nSPS) is 19.1. The van der Waals surface area contributed by atoms with Crippen molar-refractivity contribution >= 4 is 23.4 Å². The van der Waals surface area contributed by atoms with E-state index < -0.39 is 0 Å². The highest BCUT2D eigenvalue weighted by Crippen LogP contribution is 2.38. The van der Waals surface area contributed by atoms with E-state index in [0.717, 1.165) is 33.2 Å². The van der Waals surface area contributed by atoms with Crippen molar-refractivity contribution in [3.8, 4) is 0 Å². The molecule has 21 heavy (non-hydrogen) atoms. The van der Waals surface area contributed by atoms with E-state index in [0.29, 0.717) is 0 Å². The first-order chi connectivity index (χ1) is 10.1. The smallest absolute Gasteiger partial charge is 0.137 e. The van der Waals surface area contributed by atoms with E-state index in [9.17, 15) is 4.39 Å². The lowest BCUT2D eigenvalue weighted by atomic mass is 10.0. The van der Waals surface area contributed by atoms with Crippen molar-refractivity contribution in [2.24, 2.45) is 0 Å². The number of rotatable bonds is 3. The number of fused-ring (bicyclic) bond motifs is 1. The van der Waals surface area contributed by atoms with E-state index in [-0.39, 0.29) is 17.9 Å². The summed E-state index contributed by atoms with van der Waals surface area (Å²) in [6.07, 6.45) is 1.01. The largest absolute Gasteiger partial charge is 0.303 e. The molecule has 0 spiro atoms. The van der Waals surface area contributed by atoms with Crippen LogP contribution >= 0.6 is 23.4 Å². The van der Waals surface area contributed by atoms with Gasteiger partial charge in [-0.3, -0.25) is 0 Å². The van der Waals surface area contributed by atoms with Gasteiger partial charge in [0.1, 0.15) is 5.82 Å². The molecule has 0 bridgehead atoms. The first kappa shape index (κ1) is 14.9. The fraction of sp³-hybridized carbons (Fsp3) is 0.294. The highest BCUT2D eigenvalue weighted by molar-refractivity contribution is 7.99. The molecule has 0 aromatic heterocycles. The maximum Gasteiger partial charge on any atom is 0.137 e. The molecule has 1 heterocycles. The Morgan fingerprint density at radius 1 is 1.29 bits per heavy atom. The summed E-state index contributed by atoms with van der Waals surface area (Å²) in [6, 6.07) is 13.6. The maximum absolute atomic E-state index is 13.9. The molecule has 1 N–H and O–H groups in total. The number of nitrogens with one attached hydrogen (secondary N) is 1. The van der Waals surface area contributed by atoms with Gasteiger partial charge in [0.25, 0.3) is 0 Å². The van der Waals surface area contributed by atoms with Crippen LogP contribution in [0.2, 0.25) is 5.02 Å². The topological polar surface area (TPSA) is 12.0 Å². The fourth-order valence-electron chi connectivity index (χ4n) is 2.73. The Morgan fingerprint density at radius 2 is 2.10 bits per heavy atom. The maximum atomic E-state index is 13.9. The molecule has 0 amide bonds. The lowest BCUT2D eigenvalue weighted by molar-refractivity contribution is 0.444. The summed E-state index contributed by atoms with van der Waals surface area (Å²) in [5.74, 6) is 0.827. The van der Waals surface area contributed by atoms with Crippen LogP contribution in [0.15, 0.2) is 47.4 Å². The van der Waals surface area contributed by atoms with Crippen LogP contribution in [-0.2, 0) is 0 Å². The molecule has 4 heteroatoms. The summed E-state index contributed by atoms with van der Waals surface area (Å²) >= 11 is 7.66. The highest BCUT2D eigenvalue weighted by Gasteiger charge is 2.24. The molecule has 0 saturated heterocycles. The van der Waals surface area contributed by atoms with E-state index >= 15 is 0 Å². The van der Waals surface area contributed by atoms with Gasteiger partial charge in [-0.2, -0.15) is 0 Å². The summed E-state index contributed by atoms with van der Waals surface area (Å²) in [4.78, 5) is 0.791. The number of halogens is 2. The van der Waals surface area contributed by atoms with Crippen LogP contribution in [-0.4, -0.2) is 5.75 Å². The summed E-state index contributed by atoms with van der Waals surface area (Å²) in [7, 11) is 0. The monoisotopic (exact) mass is 321 g/mol. The van der Waals surface area contributed by atoms with Crippen LogP contribution in [0.25, 0.3) is 0 Å². The standard InChI is InChI=1S/C17H17ClFNS/c1-11(12-4-2-5-13(18)10-12)20-16-8-9-21-17-14(16)6-3-7-15(17)19/h2-7,10-11,16,20H,8-9H2,1H3/t11-,16?/m1/s1. The molecule has 0 fully saturated rings. The van der Waals surface area contributed by atoms with Gasteiger partial charge in [0.05, 0.1) is 0 Å². The van der Waals surface area contributed by atoms with Crippen molar-refractivity contribution < 1.29 is 4.39 Å². The van der Waals surface area contributed by atoms with E-state index in [1.54, 1.807) is 17.8 Å². The molecule has 0 aliphatic carbocycles. The van der Waals surface area contributed by atoms with E-state index in [1.807, 2.05) is 24.3 Å². The Morgan fingerprint density at radius 3 is 2.90 bits per heavy atom. The molecule has 1 aliphatic rings. The van der Waals surface area contributed by atoms with Crippen LogP contribution in [0, 0.1) is 5.82 Å². The third-order valence-corrected chi connectivity index (χ3v) is 5.22. The van der Waals surface area contributed by atoms with Gasteiger partial charge in [-0.1, -0.05) is 35.9 Å². The Labute approximate surface area is 133 Å². The van der Waals surface area contributed by atoms with Gasteiger partial charge < -0.3 is 5.32 Å². The van der Waals surface area contributed by atoms with Crippen molar-refractivity contribution in [2.45, 2.75) is 30.3 Å². The Hall–Kier alpha value is -1.03. The highest BCUT2D eigenvalue weighted by atomic mass is 35.5. The molecule has 1 unspecified atom stereocenters. The zero-order chi connectivity index (χ0) is 14.8. The van der Waals surface area contributed by atoms with Gasteiger partial charge in [0.15, 0.2) is 0 Å². The molecule has 2 atom stereocenters. The molecule has 1 nitrogen and oxygen atoms in total. The predicted octanol–water partition coefficient (Wildman–Crippen LogP) is 5.37. The van der Waals surface area contributed by atoms with Crippen LogP contribution in [0.3, 0.4) is 0 Å². The van der Waals surface area contributed by atoms with Gasteiger partial charge in [-0.15, -0.1) is 11.8 Å². The summed E-state index contributed by atoms with van der Waals surface area (Å²) < 4.78 is 13.9. The summed E-state index contributed by atoms with van der Waals surface area (Å²) in [6.45, 7) is 2.12. The van der Waals surface area contributed by atoms with Crippen LogP contribution in [0.5, 0.6) is 0 Å². The van der Waals surface area contributed by atoms with Gasteiger partial charge in [0, 0.05) is 22.0 Å². The van der Waals surface area contributed by atoms with Crippen LogP contribution in [0.4, 0.5) is 4.39 Å². The first-order valence-corrected chi connectivity index (χ1v) is 8.44. The molecule has 0 saturated carbocycles. The van der Waals surface area contributed by atoms with Gasteiger partial charge in [-0.25, -0.2) is 4.39 Å². The van der Waals surface area contributed by atoms with E-state index in [1.165, 1.54) is 6.07 Å². The van der Waals surface area contributed by atoms with E-state index in [4.69, 9.17) is 11.6 Å². The molecule has 2 aromatic rings. The van der Waals surface area contributed by atoms with E-state index in [2.05, 4.69) is 18.3 Å². The summed E-state index contributed by atoms with van der Waals surface area (Å²) in [5.41, 5.74) is 2.22. The SMILES string of the molecule is C[C@@H](NC1CCSc2c(F)cccc21)c1cccc(Cl)c1. The Kier molecular flexibility index (Phi) is 4.53. The first-order valence-electron chi connectivity index (χ1n) is 7.08. The molecule has 1 aliphatic heterocycles. The van der Waals surface area contributed by atoms with Crippen molar-refractivity contribution in [1.82, 2.24) is 5.32 Å². The third-order valence-electron chi connectivity index (χ3n) is 3.83. The number of hydrogen-bond donors (Lipinski definition) is 1. The Balaban J connectivity index is 1.82. The molecule has 2 aromatic carbocycles. The van der Waals surface area contributed by atoms with Crippen LogP contribution < -0.4 is 5.32 Å². The molecule has 110 valence electrons. The fourth-order valence-corrected chi connectivity index (χ4v) is 4.07. The molecule has 3 rings (SSSR count). The average Bonchev–Trinajstić information content (AvgIpc) is 2.48. The minimum Gasteiger partial charge on any atom is -0.303 e. The zero-order valence-electron chi connectivity index (χ0n) is 11.8. The number of hydrogen-bond acceptors (Lipinski definition) is 2. The second-order valence-corrected chi connectivity index (χ2v) is 6.83. The third kappa shape index (κ3) is 3.25. The van der Waals surface area contributed by atoms with Gasteiger partial charge >= 0.3 is 0 Å². The van der Waals surface area contributed by atoms with Crippen molar-refractivity contribution in [3.05, 3.63) is 64.4 Å².